The molecular formula is C15H20N2O. The summed E-state index contributed by atoms with van der Waals surface area (Å²) in [5, 5.41) is 6.03. The van der Waals surface area contributed by atoms with Crippen LogP contribution in [0, 0.1) is 19.8 Å². The van der Waals surface area contributed by atoms with Crippen molar-refractivity contribution in [1.29, 1.82) is 0 Å². The molecule has 0 saturated heterocycles. The van der Waals surface area contributed by atoms with Gasteiger partial charge in [-0.15, -0.1) is 0 Å². The first-order valence-corrected chi connectivity index (χ1v) is 6.44. The second-order valence-corrected chi connectivity index (χ2v) is 5.44. The van der Waals surface area contributed by atoms with Crippen LogP contribution in [0.4, 0.5) is 5.69 Å². The Morgan fingerprint density at radius 1 is 1.33 bits per heavy atom. The van der Waals surface area contributed by atoms with Crippen LogP contribution in [0.25, 0.3) is 0 Å². The molecule has 0 saturated carbocycles. The van der Waals surface area contributed by atoms with E-state index in [1.807, 2.05) is 19.1 Å². The first kappa shape index (κ1) is 12.8. The van der Waals surface area contributed by atoms with Crippen LogP contribution >= 0.6 is 0 Å². The van der Waals surface area contributed by atoms with Gasteiger partial charge in [-0.1, -0.05) is 31.5 Å². The number of hydrogen-bond donors (Lipinski definition) is 0. The van der Waals surface area contributed by atoms with Crippen molar-refractivity contribution in [2.45, 2.75) is 40.5 Å². The van der Waals surface area contributed by atoms with Crippen molar-refractivity contribution < 1.29 is 4.79 Å². The van der Waals surface area contributed by atoms with Crippen LogP contribution in [0.5, 0.6) is 0 Å². The smallest absolute Gasteiger partial charge is 0.253 e. The summed E-state index contributed by atoms with van der Waals surface area (Å²) < 4.78 is 0. The summed E-state index contributed by atoms with van der Waals surface area (Å²) in [6.45, 7) is 8.36. The van der Waals surface area contributed by atoms with Crippen LogP contribution in [0.3, 0.4) is 0 Å². The number of carbonyl (C=O) groups excluding carboxylic acids is 1. The summed E-state index contributed by atoms with van der Waals surface area (Å²) in [5.41, 5.74) is 4.20. The molecule has 0 fully saturated rings. The van der Waals surface area contributed by atoms with Gasteiger partial charge in [0.05, 0.1) is 12.1 Å². The van der Waals surface area contributed by atoms with Gasteiger partial charge in [-0.2, -0.15) is 5.10 Å². The minimum absolute atomic E-state index is 0.0811. The lowest BCUT2D eigenvalue weighted by Crippen LogP contribution is -2.20. The Balaban J connectivity index is 2.27. The normalized spacial score (nSPS) is 15.5. The highest BCUT2D eigenvalue weighted by molar-refractivity contribution is 6.13. The zero-order chi connectivity index (χ0) is 13.3. The average molecular weight is 244 g/mol. The van der Waals surface area contributed by atoms with Crippen molar-refractivity contribution in [3.05, 3.63) is 29.3 Å². The van der Waals surface area contributed by atoms with Crippen LogP contribution < -0.4 is 5.01 Å². The standard InChI is InChI=1S/C15H20N2O/c1-10(2)7-13-9-15(18)17(16-13)14-6-5-11(3)8-12(14)4/h5-6,8,10H,7,9H2,1-4H3. The fourth-order valence-electron chi connectivity index (χ4n) is 2.30. The lowest BCUT2D eigenvalue weighted by molar-refractivity contribution is -0.116. The second-order valence-electron chi connectivity index (χ2n) is 5.44. The molecule has 18 heavy (non-hydrogen) atoms. The zero-order valence-corrected chi connectivity index (χ0v) is 11.5. The van der Waals surface area contributed by atoms with Gasteiger partial charge in [-0.25, -0.2) is 5.01 Å². The fraction of sp³-hybridized carbons (Fsp3) is 0.467. The van der Waals surface area contributed by atoms with E-state index >= 15 is 0 Å². The molecule has 3 nitrogen and oxygen atoms in total. The van der Waals surface area contributed by atoms with E-state index in [2.05, 4.69) is 31.9 Å². The molecule has 1 aliphatic rings. The maximum absolute atomic E-state index is 12.0. The highest BCUT2D eigenvalue weighted by atomic mass is 16.2. The van der Waals surface area contributed by atoms with Crippen LogP contribution in [-0.4, -0.2) is 11.6 Å². The van der Waals surface area contributed by atoms with Crippen LogP contribution in [0.1, 0.15) is 37.8 Å². The Bertz CT molecular complexity index is 503. The summed E-state index contributed by atoms with van der Waals surface area (Å²) in [7, 11) is 0. The van der Waals surface area contributed by atoms with E-state index in [0.29, 0.717) is 12.3 Å². The fourth-order valence-corrected chi connectivity index (χ4v) is 2.30. The largest absolute Gasteiger partial charge is 0.272 e. The highest BCUT2D eigenvalue weighted by Crippen LogP contribution is 2.26. The molecule has 1 amide bonds. The second kappa shape index (κ2) is 4.92. The Labute approximate surface area is 108 Å². The molecule has 0 radical (unpaired) electrons. The predicted octanol–water partition coefficient (Wildman–Crippen LogP) is 3.44. The Morgan fingerprint density at radius 3 is 2.67 bits per heavy atom. The van der Waals surface area contributed by atoms with Gasteiger partial charge >= 0.3 is 0 Å². The molecule has 2 rings (SSSR count). The molecule has 0 spiro atoms. The van der Waals surface area contributed by atoms with Crippen molar-refractivity contribution in [2.75, 3.05) is 5.01 Å². The highest BCUT2D eigenvalue weighted by Gasteiger charge is 2.26. The molecule has 0 atom stereocenters. The van der Waals surface area contributed by atoms with E-state index in [-0.39, 0.29) is 5.91 Å². The monoisotopic (exact) mass is 244 g/mol. The number of benzene rings is 1. The van der Waals surface area contributed by atoms with Gasteiger partial charge in [0.1, 0.15) is 0 Å². The van der Waals surface area contributed by atoms with Crippen molar-refractivity contribution >= 4 is 17.3 Å². The molecule has 1 aromatic carbocycles. The molecule has 1 aliphatic heterocycles. The van der Waals surface area contributed by atoms with E-state index in [4.69, 9.17) is 0 Å². The maximum atomic E-state index is 12.0. The van der Waals surface area contributed by atoms with Crippen molar-refractivity contribution in [2.24, 2.45) is 11.0 Å². The van der Waals surface area contributed by atoms with Gasteiger partial charge in [0.15, 0.2) is 0 Å². The van der Waals surface area contributed by atoms with E-state index in [0.717, 1.165) is 23.4 Å². The third-order valence-electron chi connectivity index (χ3n) is 3.06. The third kappa shape index (κ3) is 2.61. The predicted molar refractivity (Wildman–Crippen MR) is 74.9 cm³/mol. The lowest BCUT2D eigenvalue weighted by atomic mass is 10.1. The number of hydrogen-bond acceptors (Lipinski definition) is 2. The Hall–Kier alpha value is -1.64. The quantitative estimate of drug-likeness (QED) is 0.801. The number of aryl methyl sites for hydroxylation is 2. The summed E-state index contributed by atoms with van der Waals surface area (Å²) >= 11 is 0. The average Bonchev–Trinajstić information content (AvgIpc) is 2.58. The number of rotatable bonds is 3. The van der Waals surface area contributed by atoms with E-state index in [1.54, 1.807) is 5.01 Å². The molecule has 0 aliphatic carbocycles. The molecule has 0 aromatic heterocycles. The maximum Gasteiger partial charge on any atom is 0.253 e. The van der Waals surface area contributed by atoms with Crippen molar-refractivity contribution in [3.63, 3.8) is 0 Å². The summed E-state index contributed by atoms with van der Waals surface area (Å²) in [6.07, 6.45) is 1.36. The van der Waals surface area contributed by atoms with Crippen LogP contribution in [0.2, 0.25) is 0 Å². The molecular weight excluding hydrogens is 224 g/mol. The summed E-state index contributed by atoms with van der Waals surface area (Å²) in [6, 6.07) is 6.08. The van der Waals surface area contributed by atoms with Gasteiger partial charge in [-0.05, 0) is 37.8 Å². The minimum Gasteiger partial charge on any atom is -0.272 e. The van der Waals surface area contributed by atoms with Gasteiger partial charge < -0.3 is 0 Å². The minimum atomic E-state index is 0.0811. The first-order valence-electron chi connectivity index (χ1n) is 6.44. The lowest BCUT2D eigenvalue weighted by Gasteiger charge is -2.14. The number of amides is 1. The molecule has 3 heteroatoms. The van der Waals surface area contributed by atoms with Crippen LogP contribution in [-0.2, 0) is 4.79 Å². The number of anilines is 1. The molecule has 1 aromatic rings. The van der Waals surface area contributed by atoms with E-state index in [1.165, 1.54) is 5.56 Å². The van der Waals surface area contributed by atoms with E-state index in [9.17, 15) is 4.79 Å². The SMILES string of the molecule is Cc1ccc(N2N=C(CC(C)C)CC2=O)c(C)c1. The molecule has 96 valence electrons. The van der Waals surface area contributed by atoms with Gasteiger partial charge in [0.25, 0.3) is 5.91 Å². The molecule has 0 N–H and O–H groups in total. The van der Waals surface area contributed by atoms with E-state index < -0.39 is 0 Å². The Kier molecular flexibility index (Phi) is 3.50. The van der Waals surface area contributed by atoms with Crippen LogP contribution in [0.15, 0.2) is 23.3 Å². The van der Waals surface area contributed by atoms with Crippen molar-refractivity contribution in [3.8, 4) is 0 Å². The number of nitrogens with zero attached hydrogens (tertiary/aromatic N) is 2. The summed E-state index contributed by atoms with van der Waals surface area (Å²) in [5.74, 6) is 0.619. The molecule has 0 unspecified atom stereocenters. The molecule has 0 bridgehead atoms. The van der Waals surface area contributed by atoms with Crippen molar-refractivity contribution in [1.82, 2.24) is 0 Å². The van der Waals surface area contributed by atoms with Gasteiger partial charge in [0.2, 0.25) is 0 Å². The number of hydrazone groups is 1. The number of carbonyl (C=O) groups is 1. The third-order valence-corrected chi connectivity index (χ3v) is 3.06. The van der Waals surface area contributed by atoms with Gasteiger partial charge in [0, 0.05) is 5.71 Å². The zero-order valence-electron chi connectivity index (χ0n) is 11.5. The first-order chi connectivity index (χ1) is 8.47. The molecule has 1 heterocycles. The topological polar surface area (TPSA) is 32.7 Å². The Morgan fingerprint density at radius 2 is 2.06 bits per heavy atom. The summed E-state index contributed by atoms with van der Waals surface area (Å²) in [4.78, 5) is 12.0. The van der Waals surface area contributed by atoms with Gasteiger partial charge in [-0.3, -0.25) is 4.79 Å².